The van der Waals surface area contributed by atoms with Crippen molar-refractivity contribution in [2.45, 2.75) is 57.8 Å². The largest absolute Gasteiger partial charge is 0.484 e. The van der Waals surface area contributed by atoms with Gasteiger partial charge in [0.05, 0.1) is 11.3 Å². The van der Waals surface area contributed by atoms with Crippen molar-refractivity contribution in [3.8, 4) is 11.8 Å². The van der Waals surface area contributed by atoms with Crippen molar-refractivity contribution >= 4 is 34.0 Å². The number of rotatable bonds is 7. The van der Waals surface area contributed by atoms with E-state index in [-0.39, 0.29) is 18.3 Å². The number of thiophene rings is 1. The number of carbonyl (C=O) groups excluding carboxylic acids is 1. The van der Waals surface area contributed by atoms with Crippen LogP contribution in [-0.4, -0.2) is 21.9 Å². The van der Waals surface area contributed by atoms with Crippen LogP contribution in [-0.2, 0) is 24.2 Å². The van der Waals surface area contributed by atoms with Crippen molar-refractivity contribution in [1.29, 1.82) is 5.26 Å². The lowest BCUT2D eigenvalue weighted by molar-refractivity contribution is -0.113. The number of nitrogens with one attached hydrogen (secondary N) is 1. The average Bonchev–Trinajstić information content (AvgIpc) is 3.29. The Labute approximate surface area is 195 Å². The van der Waals surface area contributed by atoms with Crippen LogP contribution in [0.3, 0.4) is 0 Å². The fourth-order valence-corrected chi connectivity index (χ4v) is 5.43. The molecule has 0 saturated carbocycles. The SMILES string of the molecule is Cc1ccc(C)c(OCc2nnc(SCC(=O)Nc3sc4c(c3C#N)CCCCC4)o2)c1. The maximum atomic E-state index is 12.5. The molecule has 0 spiro atoms. The van der Waals surface area contributed by atoms with Gasteiger partial charge in [0, 0.05) is 4.88 Å². The van der Waals surface area contributed by atoms with Crippen molar-refractivity contribution in [3.05, 3.63) is 51.2 Å². The molecule has 7 nitrogen and oxygen atoms in total. The van der Waals surface area contributed by atoms with E-state index in [0.717, 1.165) is 59.9 Å². The van der Waals surface area contributed by atoms with Gasteiger partial charge in [-0.3, -0.25) is 4.79 Å². The molecule has 0 bridgehead atoms. The molecule has 0 aliphatic heterocycles. The molecule has 2 aromatic heterocycles. The molecule has 3 aromatic rings. The van der Waals surface area contributed by atoms with Gasteiger partial charge in [0.25, 0.3) is 11.1 Å². The van der Waals surface area contributed by atoms with E-state index < -0.39 is 0 Å². The summed E-state index contributed by atoms with van der Waals surface area (Å²) in [6.45, 7) is 4.15. The summed E-state index contributed by atoms with van der Waals surface area (Å²) < 4.78 is 11.4. The summed E-state index contributed by atoms with van der Waals surface area (Å²) in [7, 11) is 0. The van der Waals surface area contributed by atoms with Crippen molar-refractivity contribution < 1.29 is 13.9 Å². The van der Waals surface area contributed by atoms with Crippen LogP contribution in [0.2, 0.25) is 0 Å². The van der Waals surface area contributed by atoms with Crippen LogP contribution in [0, 0.1) is 25.2 Å². The molecule has 0 unspecified atom stereocenters. The Kier molecular flexibility index (Phi) is 7.12. The van der Waals surface area contributed by atoms with Crippen molar-refractivity contribution in [2.75, 3.05) is 11.1 Å². The number of carbonyl (C=O) groups is 1. The third-order valence-corrected chi connectivity index (χ3v) is 7.28. The number of nitrogens with zero attached hydrogens (tertiary/aromatic N) is 3. The number of fused-ring (bicyclic) bond motifs is 1. The highest BCUT2D eigenvalue weighted by Gasteiger charge is 2.21. The molecule has 1 N–H and O–H groups in total. The highest BCUT2D eigenvalue weighted by molar-refractivity contribution is 7.99. The predicted molar refractivity (Wildman–Crippen MR) is 124 cm³/mol. The standard InChI is InChI=1S/C23H24N4O3S2/c1-14-8-9-15(2)18(10-14)29-12-21-26-27-23(30-21)31-13-20(28)25-22-17(11-24)16-6-4-3-5-7-19(16)32-22/h8-10H,3-7,12-13H2,1-2H3,(H,25,28). The number of aromatic nitrogens is 2. The number of benzene rings is 1. The summed E-state index contributed by atoms with van der Waals surface area (Å²) in [6.07, 6.45) is 5.30. The van der Waals surface area contributed by atoms with Crippen molar-refractivity contribution in [2.24, 2.45) is 0 Å². The van der Waals surface area contributed by atoms with E-state index in [4.69, 9.17) is 9.15 Å². The third kappa shape index (κ3) is 5.31. The summed E-state index contributed by atoms with van der Waals surface area (Å²) in [4.78, 5) is 13.7. The molecule has 0 saturated heterocycles. The molecular weight excluding hydrogens is 444 g/mol. The lowest BCUT2D eigenvalue weighted by atomic mass is 10.1. The summed E-state index contributed by atoms with van der Waals surface area (Å²) >= 11 is 2.69. The Morgan fingerprint density at radius 3 is 2.97 bits per heavy atom. The van der Waals surface area contributed by atoms with Crippen LogP contribution in [0.1, 0.15) is 52.3 Å². The third-order valence-electron chi connectivity index (χ3n) is 5.26. The number of hydrogen-bond donors (Lipinski definition) is 1. The molecule has 166 valence electrons. The van der Waals surface area contributed by atoms with E-state index in [0.29, 0.717) is 21.7 Å². The van der Waals surface area contributed by atoms with Gasteiger partial charge in [0.2, 0.25) is 5.91 Å². The smallest absolute Gasteiger partial charge is 0.277 e. The molecule has 0 radical (unpaired) electrons. The lowest BCUT2D eigenvalue weighted by Crippen LogP contribution is -2.14. The number of aryl methyl sites for hydroxylation is 3. The fraction of sp³-hybridized carbons (Fsp3) is 0.391. The zero-order valence-corrected chi connectivity index (χ0v) is 19.7. The Balaban J connectivity index is 1.31. The summed E-state index contributed by atoms with van der Waals surface area (Å²) in [6, 6.07) is 8.28. The topological polar surface area (TPSA) is 101 Å². The summed E-state index contributed by atoms with van der Waals surface area (Å²) in [5.41, 5.74) is 3.88. The van der Waals surface area contributed by atoms with Gasteiger partial charge >= 0.3 is 0 Å². The molecule has 1 aromatic carbocycles. The highest BCUT2D eigenvalue weighted by atomic mass is 32.2. The minimum absolute atomic E-state index is 0.118. The maximum Gasteiger partial charge on any atom is 0.277 e. The van der Waals surface area contributed by atoms with Crippen molar-refractivity contribution in [3.63, 3.8) is 0 Å². The van der Waals surface area contributed by atoms with Crippen LogP contribution in [0.5, 0.6) is 5.75 Å². The van der Waals surface area contributed by atoms with Gasteiger partial charge in [-0.05, 0) is 62.3 Å². The first-order valence-corrected chi connectivity index (χ1v) is 12.3. The number of anilines is 1. The lowest BCUT2D eigenvalue weighted by Gasteiger charge is -2.07. The number of thioether (sulfide) groups is 1. The maximum absolute atomic E-state index is 12.5. The molecule has 0 fully saturated rings. The van der Waals surface area contributed by atoms with Crippen LogP contribution in [0.25, 0.3) is 0 Å². The number of amides is 1. The molecular formula is C23H24N4O3S2. The molecule has 1 aliphatic rings. The summed E-state index contributed by atoms with van der Waals surface area (Å²) in [5.74, 6) is 1.05. The van der Waals surface area contributed by atoms with Gasteiger partial charge in [-0.1, -0.05) is 30.3 Å². The molecule has 32 heavy (non-hydrogen) atoms. The zero-order chi connectivity index (χ0) is 22.5. The van der Waals surface area contributed by atoms with E-state index in [2.05, 4.69) is 21.6 Å². The Bertz CT molecular complexity index is 1160. The first-order valence-electron chi connectivity index (χ1n) is 10.5. The first-order chi connectivity index (χ1) is 15.5. The van der Waals surface area contributed by atoms with Gasteiger partial charge in [0.1, 0.15) is 16.8 Å². The molecule has 2 heterocycles. The average molecular weight is 469 g/mol. The predicted octanol–water partition coefficient (Wildman–Crippen LogP) is 5.20. The van der Waals surface area contributed by atoms with Crippen molar-refractivity contribution in [1.82, 2.24) is 10.2 Å². The number of ether oxygens (including phenoxy) is 1. The zero-order valence-electron chi connectivity index (χ0n) is 18.1. The Morgan fingerprint density at radius 1 is 1.28 bits per heavy atom. The number of nitriles is 1. The Hall–Kier alpha value is -2.83. The molecule has 0 atom stereocenters. The quantitative estimate of drug-likeness (QED) is 0.376. The highest BCUT2D eigenvalue weighted by Crippen LogP contribution is 2.37. The van der Waals surface area contributed by atoms with E-state index >= 15 is 0 Å². The molecule has 9 heteroatoms. The van der Waals surface area contributed by atoms with Crippen LogP contribution in [0.15, 0.2) is 27.8 Å². The first kappa shape index (κ1) is 22.4. The second-order valence-corrected chi connectivity index (χ2v) is 9.77. The van der Waals surface area contributed by atoms with Gasteiger partial charge in [-0.2, -0.15) is 5.26 Å². The van der Waals surface area contributed by atoms with E-state index in [1.54, 1.807) is 0 Å². The van der Waals surface area contributed by atoms with E-state index in [1.165, 1.54) is 22.6 Å². The molecule has 4 rings (SSSR count). The van der Waals surface area contributed by atoms with Crippen LogP contribution >= 0.6 is 23.1 Å². The van der Waals surface area contributed by atoms with Gasteiger partial charge < -0.3 is 14.5 Å². The van der Waals surface area contributed by atoms with Gasteiger partial charge in [0.15, 0.2) is 6.61 Å². The summed E-state index contributed by atoms with van der Waals surface area (Å²) in [5, 5.41) is 21.4. The van der Waals surface area contributed by atoms with Crippen LogP contribution < -0.4 is 10.1 Å². The minimum atomic E-state index is -0.200. The monoisotopic (exact) mass is 468 g/mol. The van der Waals surface area contributed by atoms with E-state index in [1.807, 2.05) is 32.0 Å². The second-order valence-electron chi connectivity index (χ2n) is 7.74. The molecule has 1 aliphatic carbocycles. The van der Waals surface area contributed by atoms with Crippen LogP contribution in [0.4, 0.5) is 5.00 Å². The van der Waals surface area contributed by atoms with Gasteiger partial charge in [-0.15, -0.1) is 21.5 Å². The second kappa shape index (κ2) is 10.2. The normalized spacial score (nSPS) is 13.2. The van der Waals surface area contributed by atoms with Gasteiger partial charge in [-0.25, -0.2) is 0 Å². The van der Waals surface area contributed by atoms with E-state index in [9.17, 15) is 10.1 Å². The minimum Gasteiger partial charge on any atom is -0.484 e. The number of hydrogen-bond acceptors (Lipinski definition) is 8. The Morgan fingerprint density at radius 2 is 2.12 bits per heavy atom. The fourth-order valence-electron chi connectivity index (χ4n) is 3.60. The molecule has 1 amide bonds.